The Morgan fingerprint density at radius 1 is 1.59 bits per heavy atom. The van der Waals surface area contributed by atoms with Gasteiger partial charge in [0.2, 0.25) is 0 Å². The van der Waals surface area contributed by atoms with Gasteiger partial charge in [-0.15, -0.1) is 0 Å². The van der Waals surface area contributed by atoms with Crippen molar-refractivity contribution in [2.75, 3.05) is 13.2 Å². The normalized spacial score (nSPS) is 37.3. The highest BCUT2D eigenvalue weighted by atomic mass is 16.5. The van der Waals surface area contributed by atoms with E-state index in [1.165, 1.54) is 0 Å². The van der Waals surface area contributed by atoms with Gasteiger partial charge in [-0.3, -0.25) is 4.79 Å². The first-order chi connectivity index (χ1) is 8.08. The summed E-state index contributed by atoms with van der Waals surface area (Å²) in [5.74, 6) is -0.847. The molecule has 17 heavy (non-hydrogen) atoms. The van der Waals surface area contributed by atoms with E-state index in [-0.39, 0.29) is 25.2 Å². The predicted octanol–water partition coefficient (Wildman–Crippen LogP) is 0.796. The number of rotatable bonds is 6. The van der Waals surface area contributed by atoms with Gasteiger partial charge in [-0.1, -0.05) is 0 Å². The Morgan fingerprint density at radius 3 is 2.82 bits per heavy atom. The van der Waals surface area contributed by atoms with E-state index in [9.17, 15) is 15.0 Å². The van der Waals surface area contributed by atoms with Crippen molar-refractivity contribution in [2.45, 2.75) is 50.9 Å². The highest BCUT2D eigenvalue weighted by Crippen LogP contribution is 2.50. The maximum atomic E-state index is 11.5. The molecule has 4 unspecified atom stereocenters. The Hall–Kier alpha value is -0.650. The van der Waals surface area contributed by atoms with Crippen LogP contribution in [0, 0.1) is 5.41 Å². The van der Waals surface area contributed by atoms with Crippen molar-refractivity contribution >= 4 is 5.97 Å². The lowest BCUT2D eigenvalue weighted by Gasteiger charge is -2.32. The van der Waals surface area contributed by atoms with Gasteiger partial charge in [0.05, 0.1) is 30.3 Å². The quantitative estimate of drug-likeness (QED) is 0.722. The minimum absolute atomic E-state index is 0.0652. The van der Waals surface area contributed by atoms with Crippen molar-refractivity contribution in [2.24, 2.45) is 5.41 Å². The van der Waals surface area contributed by atoms with Crippen LogP contribution in [0.15, 0.2) is 0 Å². The topological polar surface area (TPSA) is 76.0 Å². The van der Waals surface area contributed by atoms with Crippen LogP contribution in [0.5, 0.6) is 0 Å². The van der Waals surface area contributed by atoms with Gasteiger partial charge < -0.3 is 19.7 Å². The molecule has 4 atom stereocenters. The lowest BCUT2D eigenvalue weighted by Crippen LogP contribution is -2.43. The smallest absolute Gasteiger partial charge is 0.312 e. The van der Waals surface area contributed by atoms with Crippen molar-refractivity contribution in [3.8, 4) is 0 Å². The minimum atomic E-state index is -0.903. The number of aliphatic hydroxyl groups excluding tert-OH is 1. The molecule has 5 heteroatoms. The van der Waals surface area contributed by atoms with E-state index in [4.69, 9.17) is 9.47 Å². The second-order valence-electron chi connectivity index (χ2n) is 5.01. The van der Waals surface area contributed by atoms with Crippen molar-refractivity contribution in [1.29, 1.82) is 0 Å². The van der Waals surface area contributed by atoms with E-state index < -0.39 is 17.5 Å². The molecule has 0 amide bonds. The minimum Gasteiger partial charge on any atom is -0.481 e. The molecule has 2 fully saturated rings. The highest BCUT2D eigenvalue weighted by molar-refractivity contribution is 5.76. The van der Waals surface area contributed by atoms with Crippen LogP contribution in [0.4, 0.5) is 0 Å². The summed E-state index contributed by atoms with van der Waals surface area (Å²) >= 11 is 0. The van der Waals surface area contributed by atoms with Crippen LogP contribution in [-0.2, 0) is 14.3 Å². The molecule has 0 saturated carbocycles. The number of aliphatic hydroxyl groups is 1. The van der Waals surface area contributed by atoms with Gasteiger partial charge in [0, 0.05) is 6.61 Å². The second-order valence-corrected chi connectivity index (χ2v) is 5.01. The first-order valence-corrected chi connectivity index (χ1v) is 6.23. The van der Waals surface area contributed by atoms with Crippen molar-refractivity contribution in [3.05, 3.63) is 0 Å². The predicted molar refractivity (Wildman–Crippen MR) is 59.7 cm³/mol. The summed E-state index contributed by atoms with van der Waals surface area (Å²) in [7, 11) is 0. The summed E-state index contributed by atoms with van der Waals surface area (Å²) in [6.45, 7) is 2.57. The zero-order chi connectivity index (χ0) is 12.5. The number of carboxylic acid groups (broad SMARTS) is 1. The number of carbonyl (C=O) groups is 1. The fraction of sp³-hybridized carbons (Fsp3) is 0.917. The second kappa shape index (κ2) is 4.92. The zero-order valence-corrected chi connectivity index (χ0v) is 10.1. The number of aliphatic carboxylic acids is 1. The molecule has 2 rings (SSSR count). The van der Waals surface area contributed by atoms with Gasteiger partial charge in [-0.05, 0) is 32.6 Å². The summed E-state index contributed by atoms with van der Waals surface area (Å²) in [5.41, 5.74) is -0.903. The Labute approximate surface area is 101 Å². The molecular weight excluding hydrogens is 224 g/mol. The van der Waals surface area contributed by atoms with Gasteiger partial charge in [-0.2, -0.15) is 0 Å². The third-order valence-corrected chi connectivity index (χ3v) is 3.86. The van der Waals surface area contributed by atoms with Gasteiger partial charge in [-0.25, -0.2) is 0 Å². The zero-order valence-electron chi connectivity index (χ0n) is 10.1. The monoisotopic (exact) mass is 244 g/mol. The molecule has 2 N–H and O–H groups in total. The van der Waals surface area contributed by atoms with Crippen LogP contribution >= 0.6 is 0 Å². The summed E-state index contributed by atoms with van der Waals surface area (Å²) in [4.78, 5) is 11.5. The third-order valence-electron chi connectivity index (χ3n) is 3.86. The van der Waals surface area contributed by atoms with E-state index in [0.717, 1.165) is 12.8 Å². The Balaban J connectivity index is 2.01. The van der Waals surface area contributed by atoms with Gasteiger partial charge >= 0.3 is 5.97 Å². The van der Waals surface area contributed by atoms with Gasteiger partial charge in [0.25, 0.3) is 0 Å². The fourth-order valence-electron chi connectivity index (χ4n) is 3.06. The van der Waals surface area contributed by atoms with E-state index >= 15 is 0 Å². The van der Waals surface area contributed by atoms with E-state index in [1.54, 1.807) is 0 Å². The van der Waals surface area contributed by atoms with Crippen LogP contribution in [0.1, 0.15) is 32.6 Å². The third kappa shape index (κ3) is 2.32. The fourth-order valence-corrected chi connectivity index (χ4v) is 3.06. The maximum absolute atomic E-state index is 11.5. The van der Waals surface area contributed by atoms with Crippen molar-refractivity contribution < 1.29 is 24.5 Å². The average Bonchev–Trinajstić information content (AvgIpc) is 2.86. The molecule has 0 aliphatic carbocycles. The van der Waals surface area contributed by atoms with Crippen LogP contribution in [0.2, 0.25) is 0 Å². The number of hydrogen-bond donors (Lipinski definition) is 2. The molecule has 2 aliphatic rings. The molecule has 98 valence electrons. The van der Waals surface area contributed by atoms with Crippen LogP contribution in [0.25, 0.3) is 0 Å². The molecule has 2 aliphatic heterocycles. The molecule has 5 nitrogen and oxygen atoms in total. The number of ether oxygens (including phenoxy) is 2. The Kier molecular flexibility index (Phi) is 3.70. The van der Waals surface area contributed by atoms with Crippen molar-refractivity contribution in [3.63, 3.8) is 0 Å². The van der Waals surface area contributed by atoms with Crippen LogP contribution in [-0.4, -0.2) is 47.7 Å². The van der Waals surface area contributed by atoms with Gasteiger partial charge in [0.15, 0.2) is 0 Å². The molecule has 2 heterocycles. The summed E-state index contributed by atoms with van der Waals surface area (Å²) in [6.07, 6.45) is 1.59. The Morgan fingerprint density at radius 2 is 2.35 bits per heavy atom. The maximum Gasteiger partial charge on any atom is 0.312 e. The highest BCUT2D eigenvalue weighted by Gasteiger charge is 2.57. The largest absolute Gasteiger partial charge is 0.481 e. The molecule has 0 radical (unpaired) electrons. The SMILES string of the molecule is CCOCC(O)CC1(C(=O)O)CC2CCC1O2. The molecular formula is C12H20O5. The lowest BCUT2D eigenvalue weighted by molar-refractivity contribution is -0.155. The Bertz CT molecular complexity index is 293. The first-order valence-electron chi connectivity index (χ1n) is 6.23. The number of carboxylic acids is 1. The molecule has 0 aromatic heterocycles. The molecule has 0 aromatic rings. The average molecular weight is 244 g/mol. The summed E-state index contributed by atoms with van der Waals surface area (Å²) in [6, 6.07) is 0. The van der Waals surface area contributed by atoms with E-state index in [1.807, 2.05) is 6.92 Å². The summed E-state index contributed by atoms with van der Waals surface area (Å²) in [5, 5.41) is 19.3. The molecule has 2 saturated heterocycles. The van der Waals surface area contributed by atoms with Gasteiger partial charge in [0.1, 0.15) is 0 Å². The van der Waals surface area contributed by atoms with Crippen LogP contribution in [0.3, 0.4) is 0 Å². The standard InChI is InChI=1S/C12H20O5/c1-2-16-7-8(13)5-12(11(14)15)6-9-3-4-10(12)17-9/h8-10,13H,2-7H2,1H3,(H,14,15). The molecule has 0 spiro atoms. The van der Waals surface area contributed by atoms with Crippen molar-refractivity contribution in [1.82, 2.24) is 0 Å². The van der Waals surface area contributed by atoms with Crippen LogP contribution < -0.4 is 0 Å². The first kappa shape index (κ1) is 12.8. The van der Waals surface area contributed by atoms with E-state index in [0.29, 0.717) is 13.0 Å². The molecule has 2 bridgehead atoms. The number of fused-ring (bicyclic) bond motifs is 2. The molecule has 0 aromatic carbocycles. The lowest BCUT2D eigenvalue weighted by atomic mass is 9.70. The summed E-state index contributed by atoms with van der Waals surface area (Å²) < 4.78 is 10.7. The van der Waals surface area contributed by atoms with E-state index in [2.05, 4.69) is 0 Å². The number of hydrogen-bond acceptors (Lipinski definition) is 4.